The molecule has 7 heteroatoms. The van der Waals surface area contributed by atoms with Crippen molar-refractivity contribution in [1.29, 1.82) is 0 Å². The number of ether oxygens (including phenoxy) is 1. The van der Waals surface area contributed by atoms with Crippen molar-refractivity contribution in [3.05, 3.63) is 23.8 Å². The van der Waals surface area contributed by atoms with Crippen LogP contribution in [0.2, 0.25) is 0 Å². The second kappa shape index (κ2) is 8.39. The molecule has 2 amide bonds. The molecule has 24 heavy (non-hydrogen) atoms. The van der Waals surface area contributed by atoms with Crippen LogP contribution in [-0.2, 0) is 9.59 Å². The fourth-order valence-electron chi connectivity index (χ4n) is 2.48. The lowest BCUT2D eigenvalue weighted by Crippen LogP contribution is -2.42. The molecule has 0 aliphatic carbocycles. The molecule has 1 heterocycles. The molecule has 0 saturated carbocycles. The number of fused-ring (bicyclic) bond motifs is 1. The van der Waals surface area contributed by atoms with Gasteiger partial charge in [0.25, 0.3) is 5.91 Å². The Kier molecular flexibility index (Phi) is 6.51. The van der Waals surface area contributed by atoms with Crippen LogP contribution in [0.4, 0.5) is 5.69 Å². The fraction of sp³-hybridized carbons (Fsp3) is 0.529. The number of rotatable bonds is 7. The Hall–Kier alpha value is -1.73. The minimum absolute atomic E-state index is 0.126. The van der Waals surface area contributed by atoms with Crippen molar-refractivity contribution >= 4 is 29.3 Å². The summed E-state index contributed by atoms with van der Waals surface area (Å²) in [6, 6.07) is 4.83. The molecule has 1 aromatic carbocycles. The van der Waals surface area contributed by atoms with Crippen LogP contribution in [0.15, 0.2) is 18.2 Å². The Balaban J connectivity index is 2.04. The Morgan fingerprint density at radius 3 is 2.92 bits per heavy atom. The summed E-state index contributed by atoms with van der Waals surface area (Å²) >= 11 is 1.67. The Morgan fingerprint density at radius 1 is 1.50 bits per heavy atom. The third-order valence-electron chi connectivity index (χ3n) is 4.02. The largest absolute Gasteiger partial charge is 0.478 e. The number of hydrogen-bond donors (Lipinski definition) is 3. The third-order valence-corrected chi connectivity index (χ3v) is 4.67. The maximum atomic E-state index is 12.1. The molecule has 2 unspecified atom stereocenters. The molecule has 0 fully saturated rings. The quantitative estimate of drug-likeness (QED) is 0.699. The number of nitrogens with one attached hydrogen (secondary N) is 2. The molecular weight excluding hydrogens is 326 g/mol. The van der Waals surface area contributed by atoms with Crippen LogP contribution in [0, 0.1) is 0 Å². The van der Waals surface area contributed by atoms with Gasteiger partial charge >= 0.3 is 0 Å². The predicted octanol–water partition coefficient (Wildman–Crippen LogP) is 2.05. The van der Waals surface area contributed by atoms with E-state index in [0.29, 0.717) is 24.3 Å². The summed E-state index contributed by atoms with van der Waals surface area (Å²) in [5, 5.41) is 5.77. The number of thioether (sulfide) groups is 1. The van der Waals surface area contributed by atoms with Crippen LogP contribution in [0.3, 0.4) is 0 Å². The van der Waals surface area contributed by atoms with E-state index in [0.717, 1.165) is 11.3 Å². The van der Waals surface area contributed by atoms with Gasteiger partial charge in [-0.05, 0) is 49.5 Å². The summed E-state index contributed by atoms with van der Waals surface area (Å²) in [6.45, 7) is 3.80. The Labute approximate surface area is 146 Å². The van der Waals surface area contributed by atoms with Crippen LogP contribution in [0.5, 0.6) is 5.75 Å². The van der Waals surface area contributed by atoms with E-state index in [4.69, 9.17) is 10.5 Å². The molecule has 132 valence electrons. The zero-order chi connectivity index (χ0) is 17.7. The third kappa shape index (κ3) is 4.42. The van der Waals surface area contributed by atoms with E-state index in [2.05, 4.69) is 10.6 Å². The number of benzene rings is 1. The maximum absolute atomic E-state index is 12.1. The van der Waals surface area contributed by atoms with Crippen molar-refractivity contribution in [3.8, 4) is 5.75 Å². The van der Waals surface area contributed by atoms with Gasteiger partial charge in [-0.2, -0.15) is 11.8 Å². The zero-order valence-corrected chi connectivity index (χ0v) is 15.1. The van der Waals surface area contributed by atoms with Crippen molar-refractivity contribution in [1.82, 2.24) is 5.32 Å². The Morgan fingerprint density at radius 2 is 2.25 bits per heavy atom. The van der Waals surface area contributed by atoms with Gasteiger partial charge in [0, 0.05) is 0 Å². The first kappa shape index (κ1) is 18.6. The van der Waals surface area contributed by atoms with Gasteiger partial charge in [-0.15, -0.1) is 0 Å². The van der Waals surface area contributed by atoms with Crippen LogP contribution in [0.1, 0.15) is 38.3 Å². The lowest BCUT2D eigenvalue weighted by atomic mass is 10.1. The van der Waals surface area contributed by atoms with Gasteiger partial charge in [-0.1, -0.05) is 13.0 Å². The minimum Gasteiger partial charge on any atom is -0.478 e. The number of anilines is 1. The van der Waals surface area contributed by atoms with E-state index < -0.39 is 12.1 Å². The van der Waals surface area contributed by atoms with Crippen molar-refractivity contribution in [3.63, 3.8) is 0 Å². The standard InChI is InChI=1S/C17H25N3O3S/c1-4-14-17(22)20-13-6-5-11(9-15(13)23-14)10(2)19-16(21)12(18)7-8-24-3/h5-6,9-10,12,14H,4,7-8,18H2,1-3H3,(H,19,21)(H,20,22)/t10?,12-,14?/m0/s1. The first-order valence-electron chi connectivity index (χ1n) is 8.12. The second-order valence-corrected chi connectivity index (χ2v) is 6.86. The van der Waals surface area contributed by atoms with Crippen molar-refractivity contribution in [2.24, 2.45) is 5.73 Å². The molecule has 0 spiro atoms. The highest BCUT2D eigenvalue weighted by atomic mass is 32.2. The minimum atomic E-state index is -0.502. The second-order valence-electron chi connectivity index (χ2n) is 5.88. The summed E-state index contributed by atoms with van der Waals surface area (Å²) in [4.78, 5) is 23.9. The monoisotopic (exact) mass is 351 g/mol. The maximum Gasteiger partial charge on any atom is 0.265 e. The van der Waals surface area contributed by atoms with Crippen LogP contribution < -0.4 is 21.1 Å². The van der Waals surface area contributed by atoms with E-state index in [1.54, 1.807) is 17.8 Å². The van der Waals surface area contributed by atoms with Crippen molar-refractivity contribution in [2.75, 3.05) is 17.3 Å². The first-order valence-corrected chi connectivity index (χ1v) is 9.52. The average Bonchev–Trinajstić information content (AvgIpc) is 2.58. The number of nitrogens with two attached hydrogens (primary N) is 1. The average molecular weight is 351 g/mol. The molecule has 0 bridgehead atoms. The lowest BCUT2D eigenvalue weighted by molar-refractivity contribution is -0.124. The molecule has 2 rings (SSSR count). The summed E-state index contributed by atoms with van der Waals surface area (Å²) < 4.78 is 5.74. The molecule has 3 atom stereocenters. The molecule has 0 radical (unpaired) electrons. The summed E-state index contributed by atoms with van der Waals surface area (Å²) in [5.74, 6) is 1.20. The SMILES string of the molecule is CCC1Oc2cc(C(C)NC(=O)[C@@H](N)CCSC)ccc2NC1=O. The molecule has 6 nitrogen and oxygen atoms in total. The molecule has 0 saturated heterocycles. The van der Waals surface area contributed by atoms with E-state index in [-0.39, 0.29) is 17.9 Å². The van der Waals surface area contributed by atoms with E-state index >= 15 is 0 Å². The van der Waals surface area contributed by atoms with Gasteiger partial charge in [0.2, 0.25) is 5.91 Å². The van der Waals surface area contributed by atoms with Crippen LogP contribution in [-0.4, -0.2) is 36.0 Å². The van der Waals surface area contributed by atoms with E-state index in [1.165, 1.54) is 0 Å². The van der Waals surface area contributed by atoms with Crippen molar-refractivity contribution in [2.45, 2.75) is 44.9 Å². The summed E-state index contributed by atoms with van der Waals surface area (Å²) in [7, 11) is 0. The van der Waals surface area contributed by atoms with E-state index in [1.807, 2.05) is 32.2 Å². The first-order chi connectivity index (χ1) is 11.5. The number of carbonyl (C=O) groups is 2. The topological polar surface area (TPSA) is 93.4 Å². The highest BCUT2D eigenvalue weighted by Crippen LogP contribution is 2.32. The van der Waals surface area contributed by atoms with Crippen LogP contribution >= 0.6 is 11.8 Å². The molecular formula is C17H25N3O3S. The molecule has 0 aromatic heterocycles. The summed E-state index contributed by atoms with van der Waals surface area (Å²) in [5.41, 5.74) is 7.46. The van der Waals surface area contributed by atoms with Gasteiger partial charge in [0.15, 0.2) is 6.10 Å². The lowest BCUT2D eigenvalue weighted by Gasteiger charge is -2.26. The molecule has 1 aromatic rings. The number of carbonyl (C=O) groups excluding carboxylic acids is 2. The highest BCUT2D eigenvalue weighted by Gasteiger charge is 2.26. The van der Waals surface area contributed by atoms with E-state index in [9.17, 15) is 9.59 Å². The number of amides is 2. The zero-order valence-electron chi connectivity index (χ0n) is 14.3. The number of hydrogen-bond acceptors (Lipinski definition) is 5. The molecule has 4 N–H and O–H groups in total. The normalized spacial score (nSPS) is 18.8. The fourth-order valence-corrected chi connectivity index (χ4v) is 2.97. The van der Waals surface area contributed by atoms with Gasteiger partial charge in [-0.3, -0.25) is 9.59 Å². The van der Waals surface area contributed by atoms with Crippen LogP contribution in [0.25, 0.3) is 0 Å². The molecule has 1 aliphatic rings. The highest BCUT2D eigenvalue weighted by molar-refractivity contribution is 7.98. The molecule has 1 aliphatic heterocycles. The van der Waals surface area contributed by atoms with Gasteiger partial charge in [0.05, 0.1) is 17.8 Å². The van der Waals surface area contributed by atoms with Crippen molar-refractivity contribution < 1.29 is 14.3 Å². The summed E-state index contributed by atoms with van der Waals surface area (Å²) in [6.07, 6.45) is 2.77. The predicted molar refractivity (Wildman–Crippen MR) is 97.3 cm³/mol. The smallest absolute Gasteiger partial charge is 0.265 e. The van der Waals surface area contributed by atoms with Gasteiger partial charge in [0.1, 0.15) is 5.75 Å². The Bertz CT molecular complexity index is 609. The van der Waals surface area contributed by atoms with Gasteiger partial charge in [-0.25, -0.2) is 0 Å². The van der Waals surface area contributed by atoms with Gasteiger partial charge < -0.3 is 21.1 Å².